The molecular formula is C19H21ClF2N2O2. The lowest BCUT2D eigenvalue weighted by Gasteiger charge is -2.34. The summed E-state index contributed by atoms with van der Waals surface area (Å²) in [6, 6.07) is 8.57. The van der Waals surface area contributed by atoms with Crippen LogP contribution >= 0.6 is 12.4 Å². The van der Waals surface area contributed by atoms with Crippen molar-refractivity contribution in [3.05, 3.63) is 53.6 Å². The Labute approximate surface area is 157 Å². The standard InChI is InChI=1S/C19H20F2N2O2.ClH/c1-12-11-22-7-8-23(12)19(24)16-5-3-13(9-17(16)20)15-6-4-14(25-2)10-18(15)21;/h3-6,9-10,12,22H,7-8,11H2,1-2H3;1H/t12-;/m1./s1. The molecule has 0 radical (unpaired) electrons. The molecular weight excluding hydrogens is 362 g/mol. The van der Waals surface area contributed by atoms with E-state index in [9.17, 15) is 13.6 Å². The summed E-state index contributed by atoms with van der Waals surface area (Å²) in [5.41, 5.74) is 0.642. The molecule has 0 aliphatic carbocycles. The number of methoxy groups -OCH3 is 1. The van der Waals surface area contributed by atoms with Crippen LogP contribution in [-0.4, -0.2) is 43.6 Å². The molecule has 1 heterocycles. The summed E-state index contributed by atoms with van der Waals surface area (Å²) in [6.45, 7) is 3.83. The smallest absolute Gasteiger partial charge is 0.257 e. The topological polar surface area (TPSA) is 41.6 Å². The van der Waals surface area contributed by atoms with E-state index in [1.807, 2.05) is 6.92 Å². The van der Waals surface area contributed by atoms with E-state index in [4.69, 9.17) is 4.74 Å². The van der Waals surface area contributed by atoms with Crippen LogP contribution in [0.1, 0.15) is 17.3 Å². The molecule has 0 unspecified atom stereocenters. The highest BCUT2D eigenvalue weighted by Crippen LogP contribution is 2.28. The number of piperazine rings is 1. The highest BCUT2D eigenvalue weighted by molar-refractivity contribution is 5.95. The van der Waals surface area contributed by atoms with Gasteiger partial charge in [0.05, 0.1) is 12.7 Å². The number of ether oxygens (including phenoxy) is 1. The third-order valence-electron chi connectivity index (χ3n) is 4.45. The van der Waals surface area contributed by atoms with Gasteiger partial charge in [-0.05, 0) is 36.8 Å². The van der Waals surface area contributed by atoms with Gasteiger partial charge in [-0.1, -0.05) is 6.07 Å². The lowest BCUT2D eigenvalue weighted by Crippen LogP contribution is -2.52. The molecule has 2 aromatic carbocycles. The van der Waals surface area contributed by atoms with E-state index in [0.717, 1.165) is 0 Å². The molecule has 0 saturated carbocycles. The molecule has 0 spiro atoms. The average molecular weight is 383 g/mol. The summed E-state index contributed by atoms with van der Waals surface area (Å²) < 4.78 is 33.7. The van der Waals surface area contributed by atoms with Crippen molar-refractivity contribution in [3.8, 4) is 16.9 Å². The maximum atomic E-state index is 14.5. The number of carbonyl (C=O) groups is 1. The fourth-order valence-corrected chi connectivity index (χ4v) is 3.01. The molecule has 2 aromatic rings. The largest absolute Gasteiger partial charge is 0.497 e. The summed E-state index contributed by atoms with van der Waals surface area (Å²) in [5, 5.41) is 3.19. The molecule has 0 aromatic heterocycles. The van der Waals surface area contributed by atoms with Crippen LogP contribution in [-0.2, 0) is 0 Å². The van der Waals surface area contributed by atoms with Crippen molar-refractivity contribution in [1.82, 2.24) is 10.2 Å². The minimum atomic E-state index is -0.650. The summed E-state index contributed by atoms with van der Waals surface area (Å²) >= 11 is 0. The van der Waals surface area contributed by atoms with Gasteiger partial charge in [-0.15, -0.1) is 12.4 Å². The fourth-order valence-electron chi connectivity index (χ4n) is 3.01. The summed E-state index contributed by atoms with van der Waals surface area (Å²) in [7, 11) is 1.45. The first kappa shape index (κ1) is 20.1. The minimum absolute atomic E-state index is 0. The van der Waals surface area contributed by atoms with E-state index in [2.05, 4.69) is 5.32 Å². The van der Waals surface area contributed by atoms with E-state index < -0.39 is 11.6 Å². The zero-order chi connectivity index (χ0) is 18.0. The second-order valence-electron chi connectivity index (χ2n) is 6.09. The maximum absolute atomic E-state index is 14.5. The van der Waals surface area contributed by atoms with Crippen LogP contribution in [0.4, 0.5) is 8.78 Å². The number of nitrogens with one attached hydrogen (secondary N) is 1. The third kappa shape index (κ3) is 3.97. The van der Waals surface area contributed by atoms with Crippen LogP contribution in [0.3, 0.4) is 0 Å². The third-order valence-corrected chi connectivity index (χ3v) is 4.45. The van der Waals surface area contributed by atoms with Gasteiger partial charge in [0.2, 0.25) is 0 Å². The Morgan fingerprint density at radius 3 is 2.58 bits per heavy atom. The van der Waals surface area contributed by atoms with Gasteiger partial charge in [0, 0.05) is 37.3 Å². The zero-order valence-corrected chi connectivity index (χ0v) is 15.4. The minimum Gasteiger partial charge on any atom is -0.497 e. The van der Waals surface area contributed by atoms with Gasteiger partial charge >= 0.3 is 0 Å². The maximum Gasteiger partial charge on any atom is 0.257 e. The summed E-state index contributed by atoms with van der Waals surface area (Å²) in [6.07, 6.45) is 0. The van der Waals surface area contributed by atoms with E-state index >= 15 is 0 Å². The zero-order valence-electron chi connectivity index (χ0n) is 14.6. The van der Waals surface area contributed by atoms with Crippen molar-refractivity contribution >= 4 is 18.3 Å². The van der Waals surface area contributed by atoms with Gasteiger partial charge in [-0.25, -0.2) is 8.78 Å². The van der Waals surface area contributed by atoms with Gasteiger partial charge in [0.1, 0.15) is 17.4 Å². The second kappa shape index (κ2) is 8.47. The second-order valence-corrected chi connectivity index (χ2v) is 6.09. The molecule has 4 nitrogen and oxygen atoms in total. The molecule has 1 aliphatic rings. The van der Waals surface area contributed by atoms with E-state index in [1.54, 1.807) is 17.0 Å². The number of amides is 1. The van der Waals surface area contributed by atoms with Gasteiger partial charge in [-0.2, -0.15) is 0 Å². The number of hydrogen-bond acceptors (Lipinski definition) is 3. The van der Waals surface area contributed by atoms with Crippen LogP contribution in [0.5, 0.6) is 5.75 Å². The van der Waals surface area contributed by atoms with E-state index in [-0.39, 0.29) is 35.5 Å². The van der Waals surface area contributed by atoms with Crippen LogP contribution < -0.4 is 10.1 Å². The number of rotatable bonds is 3. The number of hydrogen-bond donors (Lipinski definition) is 1. The fraction of sp³-hybridized carbons (Fsp3) is 0.316. The van der Waals surface area contributed by atoms with Crippen molar-refractivity contribution in [2.45, 2.75) is 13.0 Å². The molecule has 1 atom stereocenters. The Bertz CT molecular complexity index is 801. The van der Waals surface area contributed by atoms with Crippen molar-refractivity contribution < 1.29 is 18.3 Å². The first-order valence-electron chi connectivity index (χ1n) is 8.16. The van der Waals surface area contributed by atoms with Gasteiger partial charge in [-0.3, -0.25) is 4.79 Å². The molecule has 1 N–H and O–H groups in total. The normalized spacial score (nSPS) is 16.8. The summed E-state index contributed by atoms with van der Waals surface area (Å²) in [5.74, 6) is -1.11. The molecule has 26 heavy (non-hydrogen) atoms. The quantitative estimate of drug-likeness (QED) is 0.883. The van der Waals surface area contributed by atoms with Gasteiger partial charge in [0.25, 0.3) is 5.91 Å². The molecule has 0 bridgehead atoms. The van der Waals surface area contributed by atoms with E-state index in [1.165, 1.54) is 31.4 Å². The van der Waals surface area contributed by atoms with Crippen molar-refractivity contribution in [2.24, 2.45) is 0 Å². The lowest BCUT2D eigenvalue weighted by molar-refractivity contribution is 0.0651. The van der Waals surface area contributed by atoms with Crippen LogP contribution in [0.15, 0.2) is 36.4 Å². The molecule has 1 saturated heterocycles. The van der Waals surface area contributed by atoms with Crippen molar-refractivity contribution in [3.63, 3.8) is 0 Å². The monoisotopic (exact) mass is 382 g/mol. The summed E-state index contributed by atoms with van der Waals surface area (Å²) in [4.78, 5) is 14.3. The SMILES string of the molecule is COc1ccc(-c2ccc(C(=O)N3CCNC[C@H]3C)c(F)c2)c(F)c1.Cl. The molecule has 140 valence electrons. The predicted molar refractivity (Wildman–Crippen MR) is 99.0 cm³/mol. The first-order valence-corrected chi connectivity index (χ1v) is 8.16. The Hall–Kier alpha value is -2.18. The van der Waals surface area contributed by atoms with Gasteiger partial charge < -0.3 is 15.0 Å². The van der Waals surface area contributed by atoms with Crippen molar-refractivity contribution in [2.75, 3.05) is 26.7 Å². The molecule has 3 rings (SSSR count). The number of benzene rings is 2. The molecule has 7 heteroatoms. The highest BCUT2D eigenvalue weighted by atomic mass is 35.5. The van der Waals surface area contributed by atoms with E-state index in [0.29, 0.717) is 30.9 Å². The number of halogens is 3. The molecule has 1 fully saturated rings. The molecule has 1 amide bonds. The van der Waals surface area contributed by atoms with Gasteiger partial charge in [0.15, 0.2) is 0 Å². The predicted octanol–water partition coefficient (Wildman–Crippen LogP) is 3.50. The highest BCUT2D eigenvalue weighted by Gasteiger charge is 2.26. The Morgan fingerprint density at radius 1 is 1.19 bits per heavy atom. The van der Waals surface area contributed by atoms with Crippen LogP contribution in [0.25, 0.3) is 11.1 Å². The Morgan fingerprint density at radius 2 is 1.96 bits per heavy atom. The lowest BCUT2D eigenvalue weighted by atomic mass is 10.0. The Kier molecular flexibility index (Phi) is 6.56. The number of carbonyl (C=O) groups excluding carboxylic acids is 1. The van der Waals surface area contributed by atoms with Crippen molar-refractivity contribution in [1.29, 1.82) is 0 Å². The number of nitrogens with zero attached hydrogens (tertiary/aromatic N) is 1. The molecule has 1 aliphatic heterocycles. The van der Waals surface area contributed by atoms with Crippen LogP contribution in [0, 0.1) is 11.6 Å². The average Bonchev–Trinajstić information content (AvgIpc) is 2.61. The first-order chi connectivity index (χ1) is 12.0. The van der Waals surface area contributed by atoms with Crippen LogP contribution in [0.2, 0.25) is 0 Å². The Balaban J connectivity index is 0.00000243.